The molecular weight excluding hydrogens is 289 g/mol. The summed E-state index contributed by atoms with van der Waals surface area (Å²) in [5.74, 6) is 0.912. The molecule has 0 fully saturated rings. The molecule has 0 bridgehead atoms. The van der Waals surface area contributed by atoms with E-state index in [4.69, 9.17) is 4.74 Å². The minimum Gasteiger partial charge on any atom is -0.496 e. The van der Waals surface area contributed by atoms with Gasteiger partial charge in [-0.1, -0.05) is 12.1 Å². The SMILES string of the molecule is [CH2-]c1ccc(OCC)cc1.[Ho]. The molecule has 0 N–H and O–H groups in total. The van der Waals surface area contributed by atoms with Crippen LogP contribution in [0.4, 0.5) is 0 Å². The molecule has 0 aliphatic carbocycles. The Morgan fingerprint density at radius 3 is 2.27 bits per heavy atom. The van der Waals surface area contributed by atoms with Gasteiger partial charge in [-0.3, -0.25) is 0 Å². The van der Waals surface area contributed by atoms with Gasteiger partial charge >= 0.3 is 0 Å². The number of benzene rings is 1. The maximum absolute atomic E-state index is 5.23. The van der Waals surface area contributed by atoms with Crippen LogP contribution in [0.25, 0.3) is 0 Å². The molecular formula is C9H11HoO-. The van der Waals surface area contributed by atoms with Crippen molar-refractivity contribution in [1.82, 2.24) is 0 Å². The fourth-order valence-electron chi connectivity index (χ4n) is 0.752. The molecule has 0 saturated heterocycles. The quantitative estimate of drug-likeness (QED) is 0.601. The largest absolute Gasteiger partial charge is 0.496 e. The number of hydrogen-bond donors (Lipinski definition) is 0. The number of rotatable bonds is 2. The summed E-state index contributed by atoms with van der Waals surface area (Å²) < 4.78 is 5.23. The van der Waals surface area contributed by atoms with Gasteiger partial charge in [0.1, 0.15) is 0 Å². The molecule has 0 aliphatic rings. The smallest absolute Gasteiger partial charge is 0.0947 e. The number of ether oxygens (including phenoxy) is 1. The summed E-state index contributed by atoms with van der Waals surface area (Å²) in [7, 11) is 0. The van der Waals surface area contributed by atoms with Crippen LogP contribution in [0.1, 0.15) is 12.5 Å². The van der Waals surface area contributed by atoms with E-state index in [1.54, 1.807) is 0 Å². The predicted molar refractivity (Wildman–Crippen MR) is 42.1 cm³/mol. The molecule has 1 rings (SSSR count). The minimum atomic E-state index is 0. The topological polar surface area (TPSA) is 9.23 Å². The van der Waals surface area contributed by atoms with Crippen LogP contribution in [0.3, 0.4) is 0 Å². The van der Waals surface area contributed by atoms with Crippen LogP contribution in [-0.4, -0.2) is 6.61 Å². The van der Waals surface area contributed by atoms with Crippen molar-refractivity contribution in [3.63, 3.8) is 0 Å². The molecule has 11 heavy (non-hydrogen) atoms. The van der Waals surface area contributed by atoms with Crippen molar-refractivity contribution in [2.45, 2.75) is 6.92 Å². The third kappa shape index (κ3) is 3.90. The summed E-state index contributed by atoms with van der Waals surface area (Å²) in [4.78, 5) is 0. The van der Waals surface area contributed by atoms with E-state index < -0.39 is 0 Å². The van der Waals surface area contributed by atoms with Crippen molar-refractivity contribution >= 4 is 0 Å². The molecule has 0 atom stereocenters. The van der Waals surface area contributed by atoms with E-state index in [1.807, 2.05) is 31.2 Å². The van der Waals surface area contributed by atoms with Crippen molar-refractivity contribution in [3.8, 4) is 5.75 Å². The average Bonchev–Trinajstić information content (AvgIpc) is 1.95. The molecule has 0 aliphatic heterocycles. The Hall–Kier alpha value is 0.150. The molecule has 1 aromatic carbocycles. The molecule has 2 heteroatoms. The summed E-state index contributed by atoms with van der Waals surface area (Å²) >= 11 is 0. The molecule has 1 radical (unpaired) electrons. The normalized spacial score (nSPS) is 8.45. The molecule has 0 saturated carbocycles. The van der Waals surface area contributed by atoms with Crippen molar-refractivity contribution in [2.24, 2.45) is 0 Å². The van der Waals surface area contributed by atoms with Crippen molar-refractivity contribution < 1.29 is 42.5 Å². The van der Waals surface area contributed by atoms with Crippen LogP contribution in [0.15, 0.2) is 24.3 Å². The Balaban J connectivity index is 0.000001000. The zero-order valence-corrected chi connectivity index (χ0v) is 8.37. The Morgan fingerprint density at radius 1 is 1.27 bits per heavy atom. The second-order valence-corrected chi connectivity index (χ2v) is 2.08. The van der Waals surface area contributed by atoms with Gasteiger partial charge < -0.3 is 4.74 Å². The van der Waals surface area contributed by atoms with Crippen molar-refractivity contribution in [3.05, 3.63) is 36.8 Å². The first-order chi connectivity index (χ1) is 4.83. The molecule has 0 spiro atoms. The first-order valence-corrected chi connectivity index (χ1v) is 3.37. The number of hydrogen-bond acceptors (Lipinski definition) is 1. The Bertz CT molecular complexity index is 193. The van der Waals surface area contributed by atoms with Gasteiger partial charge in [-0.2, -0.15) is 24.6 Å². The summed E-state index contributed by atoms with van der Waals surface area (Å²) in [5, 5.41) is 0. The van der Waals surface area contributed by atoms with Crippen LogP contribution in [0, 0.1) is 44.7 Å². The predicted octanol–water partition coefficient (Wildman–Crippen LogP) is 2.27. The zero-order chi connectivity index (χ0) is 7.40. The second kappa shape index (κ2) is 5.76. The van der Waals surface area contributed by atoms with Crippen LogP contribution < -0.4 is 4.74 Å². The standard InChI is InChI=1S/C9H11O.Ho/c1-3-10-9-6-4-8(2)5-7-9;/h4-7H,2-3H2,1H3;/q-1;. The van der Waals surface area contributed by atoms with E-state index in [0.717, 1.165) is 17.9 Å². The van der Waals surface area contributed by atoms with Crippen LogP contribution in [0.5, 0.6) is 5.75 Å². The summed E-state index contributed by atoms with van der Waals surface area (Å²) in [6.07, 6.45) is 0. The van der Waals surface area contributed by atoms with E-state index in [2.05, 4.69) is 6.92 Å². The molecule has 1 aromatic rings. The van der Waals surface area contributed by atoms with Crippen molar-refractivity contribution in [1.29, 1.82) is 0 Å². The van der Waals surface area contributed by atoms with Gasteiger partial charge in [0.15, 0.2) is 0 Å². The van der Waals surface area contributed by atoms with E-state index in [-0.39, 0.29) is 37.7 Å². The first-order valence-electron chi connectivity index (χ1n) is 3.37. The van der Waals surface area contributed by atoms with Crippen LogP contribution >= 0.6 is 0 Å². The maximum Gasteiger partial charge on any atom is 0.0947 e. The van der Waals surface area contributed by atoms with Crippen LogP contribution in [0.2, 0.25) is 0 Å². The summed E-state index contributed by atoms with van der Waals surface area (Å²) in [5.41, 5.74) is 1.02. The van der Waals surface area contributed by atoms with Crippen molar-refractivity contribution in [2.75, 3.05) is 6.61 Å². The van der Waals surface area contributed by atoms with E-state index in [0.29, 0.717) is 0 Å². The zero-order valence-electron chi connectivity index (χ0n) is 6.43. The van der Waals surface area contributed by atoms with E-state index in [9.17, 15) is 0 Å². The Kier molecular flexibility index (Phi) is 5.83. The molecule has 1 nitrogen and oxygen atoms in total. The van der Waals surface area contributed by atoms with Gasteiger partial charge in [0.2, 0.25) is 0 Å². The third-order valence-electron chi connectivity index (χ3n) is 1.23. The molecule has 0 amide bonds. The molecule has 0 heterocycles. The fourth-order valence-corrected chi connectivity index (χ4v) is 0.752. The van der Waals surface area contributed by atoms with Gasteiger partial charge in [-0.05, 0) is 6.92 Å². The van der Waals surface area contributed by atoms with Gasteiger partial charge in [0, 0.05) is 37.7 Å². The van der Waals surface area contributed by atoms with E-state index >= 15 is 0 Å². The second-order valence-electron chi connectivity index (χ2n) is 2.08. The minimum absolute atomic E-state index is 0. The molecule has 65 valence electrons. The van der Waals surface area contributed by atoms with Gasteiger partial charge in [-0.15, -0.1) is 0 Å². The molecule has 0 aromatic heterocycles. The monoisotopic (exact) mass is 300 g/mol. The average molecular weight is 300 g/mol. The third-order valence-corrected chi connectivity index (χ3v) is 1.23. The van der Waals surface area contributed by atoms with Crippen LogP contribution in [-0.2, 0) is 0 Å². The molecule has 0 unspecified atom stereocenters. The summed E-state index contributed by atoms with van der Waals surface area (Å²) in [6.45, 7) is 6.46. The van der Waals surface area contributed by atoms with Gasteiger partial charge in [0.25, 0.3) is 0 Å². The van der Waals surface area contributed by atoms with Gasteiger partial charge in [0.05, 0.1) is 12.4 Å². The fraction of sp³-hybridized carbons (Fsp3) is 0.222. The Labute approximate surface area is 97.8 Å². The first kappa shape index (κ1) is 11.1. The van der Waals surface area contributed by atoms with E-state index in [1.165, 1.54) is 0 Å². The van der Waals surface area contributed by atoms with Gasteiger partial charge in [-0.25, -0.2) is 0 Å². The Morgan fingerprint density at radius 2 is 1.82 bits per heavy atom. The maximum atomic E-state index is 5.23. The summed E-state index contributed by atoms with van der Waals surface area (Å²) in [6, 6.07) is 7.72.